The number of aromatic nitrogens is 4. The minimum absolute atomic E-state index is 0.00795. The lowest BCUT2D eigenvalue weighted by molar-refractivity contribution is 0.231. The number of sulfone groups is 1. The summed E-state index contributed by atoms with van der Waals surface area (Å²) in [6.45, 7) is 4.29. The highest BCUT2D eigenvalue weighted by molar-refractivity contribution is 7.92. The van der Waals surface area contributed by atoms with Gasteiger partial charge >= 0.3 is 0 Å². The summed E-state index contributed by atoms with van der Waals surface area (Å²) in [4.78, 5) is 33.3. The monoisotopic (exact) mass is 700 g/mol. The third-order valence-electron chi connectivity index (χ3n) is 10.1. The van der Waals surface area contributed by atoms with Gasteiger partial charge < -0.3 is 9.64 Å². The molecule has 10 nitrogen and oxygen atoms in total. The van der Waals surface area contributed by atoms with Gasteiger partial charge in [-0.3, -0.25) is 14.3 Å². The summed E-state index contributed by atoms with van der Waals surface area (Å²) in [6.07, 6.45) is 7.53. The van der Waals surface area contributed by atoms with Crippen LogP contribution in [0.5, 0.6) is 11.5 Å². The normalized spacial score (nSPS) is 18.7. The molecule has 0 amide bonds. The molecule has 3 aliphatic rings. The summed E-state index contributed by atoms with van der Waals surface area (Å²) < 4.78 is 48.9. The molecule has 2 aliphatic heterocycles. The van der Waals surface area contributed by atoms with Crippen LogP contribution in [0.3, 0.4) is 0 Å². The quantitative estimate of drug-likeness (QED) is 0.188. The maximum Gasteiger partial charge on any atom is 0.295 e. The fourth-order valence-electron chi connectivity index (χ4n) is 7.45. The number of para-hydroxylation sites is 1. The van der Waals surface area contributed by atoms with Crippen LogP contribution in [0, 0.1) is 5.82 Å². The highest BCUT2D eigenvalue weighted by atomic mass is 32.2. The van der Waals surface area contributed by atoms with Gasteiger partial charge in [0, 0.05) is 49.4 Å². The van der Waals surface area contributed by atoms with Crippen molar-refractivity contribution >= 4 is 37.9 Å². The Hall–Kier alpha value is -4.20. The number of ether oxygens (including phenoxy) is 1. The van der Waals surface area contributed by atoms with E-state index in [1.54, 1.807) is 12.3 Å². The van der Waals surface area contributed by atoms with Crippen molar-refractivity contribution in [2.24, 2.45) is 0 Å². The smallest absolute Gasteiger partial charge is 0.295 e. The van der Waals surface area contributed by atoms with E-state index in [-0.39, 0.29) is 23.1 Å². The lowest BCUT2D eigenvalue weighted by Gasteiger charge is -2.38. The first kappa shape index (κ1) is 32.0. The fourth-order valence-corrected chi connectivity index (χ4v) is 10.5. The van der Waals surface area contributed by atoms with Crippen molar-refractivity contribution in [3.63, 3.8) is 0 Å². The van der Waals surface area contributed by atoms with Crippen LogP contribution >= 0.6 is 11.3 Å². The summed E-state index contributed by atoms with van der Waals surface area (Å²) in [5, 5.41) is 0.0274. The van der Waals surface area contributed by atoms with Gasteiger partial charge in [-0.05, 0) is 68.1 Å². The standard InChI is InChI=1S/C36H37FN6O4S2/c37-29-9-3-4-10-30(29)47-31-19-25-20-38-33(18-24-11-13-26(14-12-24)42-17-16-41-15-5-6-27(41)21-42)40-34(25)43(36(31)44)22-32-35(39-23-48-32)49(45,46)28-7-1-2-8-28/h3-4,9-14,19-20,23,27-28H,1-2,5-8,15-18,21-22H2. The number of hydrogen-bond acceptors (Lipinski definition) is 10. The van der Waals surface area contributed by atoms with Crippen LogP contribution < -0.4 is 15.2 Å². The van der Waals surface area contributed by atoms with Crippen LogP contribution in [0.2, 0.25) is 0 Å². The van der Waals surface area contributed by atoms with E-state index < -0.39 is 26.5 Å². The number of thiazole rings is 1. The van der Waals surface area contributed by atoms with Gasteiger partial charge in [0.2, 0.25) is 0 Å². The van der Waals surface area contributed by atoms with Crippen molar-refractivity contribution < 1.29 is 17.5 Å². The number of hydrogen-bond donors (Lipinski definition) is 0. The van der Waals surface area contributed by atoms with Crippen LogP contribution in [0.15, 0.2) is 76.1 Å². The molecule has 1 atom stereocenters. The maximum atomic E-state index is 14.6. The van der Waals surface area contributed by atoms with Gasteiger partial charge in [-0.15, -0.1) is 11.3 Å². The van der Waals surface area contributed by atoms with E-state index >= 15 is 0 Å². The summed E-state index contributed by atoms with van der Waals surface area (Å²) >= 11 is 1.18. The predicted octanol–water partition coefficient (Wildman–Crippen LogP) is 5.82. The first-order chi connectivity index (χ1) is 23.8. The van der Waals surface area contributed by atoms with E-state index in [1.807, 2.05) is 0 Å². The number of anilines is 1. The van der Waals surface area contributed by atoms with Crippen molar-refractivity contribution in [3.8, 4) is 11.5 Å². The highest BCUT2D eigenvalue weighted by Crippen LogP contribution is 2.33. The molecule has 2 aromatic carbocycles. The second kappa shape index (κ2) is 13.3. The second-order valence-corrected chi connectivity index (χ2v) is 16.2. The van der Waals surface area contributed by atoms with Crippen LogP contribution in [-0.2, 0) is 22.8 Å². The van der Waals surface area contributed by atoms with Crippen molar-refractivity contribution in [3.05, 3.63) is 98.7 Å². The van der Waals surface area contributed by atoms with Crippen molar-refractivity contribution in [1.82, 2.24) is 24.4 Å². The van der Waals surface area contributed by atoms with Crippen molar-refractivity contribution in [2.45, 2.75) is 67.8 Å². The van der Waals surface area contributed by atoms with Gasteiger partial charge in [-0.2, -0.15) is 0 Å². The number of benzene rings is 2. The summed E-state index contributed by atoms with van der Waals surface area (Å²) in [6, 6.07) is 16.5. The van der Waals surface area contributed by atoms with E-state index in [1.165, 1.54) is 70.8 Å². The summed E-state index contributed by atoms with van der Waals surface area (Å²) in [5.74, 6) is -0.315. The lowest BCUT2D eigenvalue weighted by Crippen LogP contribution is -2.50. The Morgan fingerprint density at radius 3 is 2.57 bits per heavy atom. The molecule has 13 heteroatoms. The Kier molecular flexibility index (Phi) is 8.67. The Morgan fingerprint density at radius 2 is 1.76 bits per heavy atom. The number of piperazine rings is 1. The molecule has 0 radical (unpaired) electrons. The minimum atomic E-state index is -3.68. The van der Waals surface area contributed by atoms with Crippen LogP contribution in [0.1, 0.15) is 54.8 Å². The Balaban J connectivity index is 1.12. The molecule has 0 spiro atoms. The number of halogens is 1. The fraction of sp³-hybridized carbons (Fsp3) is 0.389. The molecular formula is C36H37FN6O4S2. The van der Waals surface area contributed by atoms with Gasteiger partial charge in [0.1, 0.15) is 11.5 Å². The van der Waals surface area contributed by atoms with Crippen LogP contribution in [0.4, 0.5) is 10.1 Å². The maximum absolute atomic E-state index is 14.6. The van der Waals surface area contributed by atoms with Gasteiger partial charge in [0.05, 0.1) is 22.2 Å². The molecule has 2 saturated heterocycles. The van der Waals surface area contributed by atoms with E-state index in [4.69, 9.17) is 9.72 Å². The molecule has 3 fully saturated rings. The van der Waals surface area contributed by atoms with Crippen molar-refractivity contribution in [1.29, 1.82) is 0 Å². The average Bonchev–Trinajstić information content (AvgIpc) is 3.91. The lowest BCUT2D eigenvalue weighted by atomic mass is 10.1. The van der Waals surface area contributed by atoms with Crippen LogP contribution in [-0.4, -0.2) is 70.3 Å². The average molecular weight is 701 g/mol. The van der Waals surface area contributed by atoms with Gasteiger partial charge in [-0.25, -0.2) is 27.8 Å². The van der Waals surface area contributed by atoms with E-state index in [0.717, 1.165) is 38.0 Å². The summed E-state index contributed by atoms with van der Waals surface area (Å²) in [7, 11) is -3.68. The molecule has 5 heterocycles. The molecular weight excluding hydrogens is 664 g/mol. The molecule has 0 bridgehead atoms. The molecule has 254 valence electrons. The molecule has 5 aromatic rings. The third-order valence-corrected chi connectivity index (χ3v) is 13.3. The largest absolute Gasteiger partial charge is 0.448 e. The SMILES string of the molecule is O=c1c(Oc2ccccc2F)cc2cnc(Cc3ccc(N4CCN5CCCC5C4)cc3)nc2n1Cc1scnc1S(=O)(=O)C1CCCC1. The van der Waals surface area contributed by atoms with Gasteiger partial charge in [0.15, 0.2) is 32.2 Å². The van der Waals surface area contributed by atoms with Crippen LogP contribution in [0.25, 0.3) is 11.0 Å². The van der Waals surface area contributed by atoms with E-state index in [0.29, 0.717) is 47.0 Å². The summed E-state index contributed by atoms with van der Waals surface area (Å²) in [5.41, 5.74) is 3.51. The molecule has 49 heavy (non-hydrogen) atoms. The molecule has 0 N–H and O–H groups in total. The Morgan fingerprint density at radius 1 is 0.939 bits per heavy atom. The van der Waals surface area contributed by atoms with E-state index in [9.17, 15) is 17.6 Å². The number of rotatable bonds is 9. The zero-order valence-corrected chi connectivity index (χ0v) is 28.6. The number of nitrogens with zero attached hydrogens (tertiary/aromatic N) is 6. The number of fused-ring (bicyclic) bond motifs is 2. The van der Waals surface area contributed by atoms with Gasteiger partial charge in [0.25, 0.3) is 5.56 Å². The predicted molar refractivity (Wildman–Crippen MR) is 187 cm³/mol. The third kappa shape index (κ3) is 6.35. The Labute approximate surface area is 288 Å². The van der Waals surface area contributed by atoms with Crippen molar-refractivity contribution in [2.75, 3.05) is 31.1 Å². The minimum Gasteiger partial charge on any atom is -0.448 e. The topological polar surface area (TPSA) is 111 Å². The zero-order chi connectivity index (χ0) is 33.5. The molecule has 1 unspecified atom stereocenters. The molecule has 3 aromatic heterocycles. The van der Waals surface area contributed by atoms with Gasteiger partial charge in [-0.1, -0.05) is 37.1 Å². The molecule has 1 saturated carbocycles. The second-order valence-electron chi connectivity index (χ2n) is 13.2. The molecule has 8 rings (SSSR count). The Bertz CT molecular complexity index is 2160. The zero-order valence-electron chi connectivity index (χ0n) is 27.0. The molecule has 1 aliphatic carbocycles. The highest BCUT2D eigenvalue weighted by Gasteiger charge is 2.34. The first-order valence-electron chi connectivity index (χ1n) is 16.9. The first-order valence-corrected chi connectivity index (χ1v) is 19.3. The van der Waals surface area contributed by atoms with E-state index in [2.05, 4.69) is 44.0 Å². The number of pyridine rings is 1.